The summed E-state index contributed by atoms with van der Waals surface area (Å²) < 4.78 is 22.6. The lowest BCUT2D eigenvalue weighted by molar-refractivity contribution is 0.102. The fraction of sp³-hybridized carbons (Fsp3) is 0.273. The van der Waals surface area contributed by atoms with Gasteiger partial charge in [0.2, 0.25) is 10.0 Å². The number of carbonyl (C=O) groups is 1. The molecule has 0 unspecified atom stereocenters. The van der Waals surface area contributed by atoms with Crippen molar-refractivity contribution in [2.75, 3.05) is 5.32 Å². The van der Waals surface area contributed by atoms with Crippen LogP contribution in [0.5, 0.6) is 0 Å². The van der Waals surface area contributed by atoms with E-state index in [0.717, 1.165) is 11.3 Å². The Balaban J connectivity index is 2.30. The van der Waals surface area contributed by atoms with Crippen LogP contribution in [0.15, 0.2) is 10.3 Å². The summed E-state index contributed by atoms with van der Waals surface area (Å²) in [6, 6.07) is 1.60. The molecule has 8 nitrogen and oxygen atoms in total. The molecule has 0 saturated heterocycles. The number of rotatable bonds is 3. The van der Waals surface area contributed by atoms with Crippen LogP contribution in [0.25, 0.3) is 0 Å². The molecule has 0 bridgehead atoms. The van der Waals surface area contributed by atoms with Crippen molar-refractivity contribution >= 4 is 32.4 Å². The van der Waals surface area contributed by atoms with Gasteiger partial charge in [0, 0.05) is 0 Å². The number of aromatic nitrogens is 3. The average molecular weight is 327 g/mol. The molecule has 2 aromatic rings. The second kappa shape index (κ2) is 5.47. The van der Waals surface area contributed by atoms with Gasteiger partial charge in [-0.05, 0) is 26.8 Å². The number of amides is 1. The van der Waals surface area contributed by atoms with E-state index in [1.54, 1.807) is 19.9 Å². The molecule has 0 aliphatic carbocycles. The van der Waals surface area contributed by atoms with Crippen LogP contribution in [-0.2, 0) is 10.0 Å². The normalized spacial score (nSPS) is 11.4. The molecule has 0 aliphatic rings. The van der Waals surface area contributed by atoms with Crippen LogP contribution in [-0.4, -0.2) is 29.5 Å². The second-order valence-electron chi connectivity index (χ2n) is 4.38. The third-order valence-corrected chi connectivity index (χ3v) is 5.20. The van der Waals surface area contributed by atoms with Gasteiger partial charge in [0.05, 0.1) is 22.6 Å². The SMILES string of the molecule is Cc1cc(C(=O)Nc2nc(C)c(S(N)(=O)=O)s2)c(C)nn1. The Morgan fingerprint density at radius 2 is 1.90 bits per heavy atom. The summed E-state index contributed by atoms with van der Waals surface area (Å²) in [6.45, 7) is 4.88. The highest BCUT2D eigenvalue weighted by Crippen LogP contribution is 2.26. The predicted molar refractivity (Wildman–Crippen MR) is 77.7 cm³/mol. The Labute approximate surface area is 125 Å². The van der Waals surface area contributed by atoms with Gasteiger partial charge in [-0.15, -0.1) is 0 Å². The predicted octanol–water partition coefficient (Wildman–Crippen LogP) is 0.758. The van der Waals surface area contributed by atoms with E-state index >= 15 is 0 Å². The maximum Gasteiger partial charge on any atom is 0.259 e. The largest absolute Gasteiger partial charge is 0.298 e. The molecule has 2 rings (SSSR count). The Kier molecular flexibility index (Phi) is 4.03. The number of sulfonamides is 1. The van der Waals surface area contributed by atoms with Crippen LogP contribution < -0.4 is 10.5 Å². The molecule has 0 atom stereocenters. The minimum absolute atomic E-state index is 0.0708. The minimum atomic E-state index is -3.85. The summed E-state index contributed by atoms with van der Waals surface area (Å²) in [7, 11) is -3.85. The molecule has 0 radical (unpaired) electrons. The summed E-state index contributed by atoms with van der Waals surface area (Å²) in [5, 5.41) is 15.5. The van der Waals surface area contributed by atoms with Gasteiger partial charge in [0.1, 0.15) is 0 Å². The molecule has 10 heteroatoms. The first-order valence-corrected chi connectivity index (χ1v) is 8.17. The topological polar surface area (TPSA) is 128 Å². The quantitative estimate of drug-likeness (QED) is 0.856. The lowest BCUT2D eigenvalue weighted by Gasteiger charge is -2.04. The number of thiazole rings is 1. The van der Waals surface area contributed by atoms with Gasteiger partial charge in [0.25, 0.3) is 5.91 Å². The van der Waals surface area contributed by atoms with Crippen molar-refractivity contribution in [1.29, 1.82) is 0 Å². The molecule has 0 spiro atoms. The van der Waals surface area contributed by atoms with Crippen LogP contribution >= 0.6 is 11.3 Å². The lowest BCUT2D eigenvalue weighted by atomic mass is 10.2. The number of primary sulfonamides is 1. The number of hydrogen-bond acceptors (Lipinski definition) is 7. The summed E-state index contributed by atoms with van der Waals surface area (Å²) >= 11 is 0.807. The van der Waals surface area contributed by atoms with Crippen LogP contribution in [0, 0.1) is 20.8 Å². The molecule has 1 amide bonds. The summed E-state index contributed by atoms with van der Waals surface area (Å²) in [4.78, 5) is 16.2. The third kappa shape index (κ3) is 3.40. The third-order valence-electron chi connectivity index (χ3n) is 2.58. The van der Waals surface area contributed by atoms with E-state index in [1.807, 2.05) is 0 Å². The Morgan fingerprint density at radius 3 is 2.48 bits per heavy atom. The van der Waals surface area contributed by atoms with Gasteiger partial charge in [-0.2, -0.15) is 10.2 Å². The maximum atomic E-state index is 12.2. The Morgan fingerprint density at radius 1 is 1.24 bits per heavy atom. The van der Waals surface area contributed by atoms with Gasteiger partial charge in [0.15, 0.2) is 9.34 Å². The summed E-state index contributed by atoms with van der Waals surface area (Å²) in [6.07, 6.45) is 0. The van der Waals surface area contributed by atoms with E-state index in [0.29, 0.717) is 17.0 Å². The van der Waals surface area contributed by atoms with Crippen molar-refractivity contribution in [2.45, 2.75) is 25.0 Å². The maximum absolute atomic E-state index is 12.2. The van der Waals surface area contributed by atoms with Crippen molar-refractivity contribution in [3.8, 4) is 0 Å². The number of nitrogens with zero attached hydrogens (tertiary/aromatic N) is 3. The molecule has 0 fully saturated rings. The fourth-order valence-electron chi connectivity index (χ4n) is 1.64. The van der Waals surface area contributed by atoms with Crippen molar-refractivity contribution in [1.82, 2.24) is 15.2 Å². The minimum Gasteiger partial charge on any atom is -0.298 e. The van der Waals surface area contributed by atoms with Gasteiger partial charge < -0.3 is 0 Å². The molecule has 3 N–H and O–H groups in total. The molecule has 0 aliphatic heterocycles. The van der Waals surface area contributed by atoms with Gasteiger partial charge in [-0.25, -0.2) is 18.5 Å². The van der Waals surface area contributed by atoms with E-state index in [9.17, 15) is 13.2 Å². The average Bonchev–Trinajstić information content (AvgIpc) is 2.73. The Bertz CT molecular complexity index is 813. The zero-order valence-electron chi connectivity index (χ0n) is 11.5. The van der Waals surface area contributed by atoms with Gasteiger partial charge in [-0.1, -0.05) is 11.3 Å². The number of nitrogens with two attached hydrogens (primary N) is 1. The van der Waals surface area contributed by atoms with Crippen molar-refractivity contribution in [2.24, 2.45) is 5.14 Å². The van der Waals surface area contributed by atoms with Gasteiger partial charge in [-0.3, -0.25) is 10.1 Å². The van der Waals surface area contributed by atoms with Gasteiger partial charge >= 0.3 is 0 Å². The molecule has 0 saturated carbocycles. The van der Waals surface area contributed by atoms with E-state index in [1.165, 1.54) is 6.92 Å². The standard InChI is InChI=1S/C11H13N5O3S2/c1-5-4-8(6(2)16-15-5)9(17)14-11-13-7(3)10(20-11)21(12,18)19/h4H,1-3H3,(H2,12,18,19)(H,13,14,17). The number of hydrogen-bond donors (Lipinski definition) is 2. The fourth-order valence-corrected chi connectivity index (χ4v) is 3.50. The monoisotopic (exact) mass is 327 g/mol. The number of anilines is 1. The van der Waals surface area contributed by atoms with E-state index < -0.39 is 15.9 Å². The molecule has 2 aromatic heterocycles. The smallest absolute Gasteiger partial charge is 0.259 e. The first-order valence-electron chi connectivity index (χ1n) is 5.81. The van der Waals surface area contributed by atoms with Crippen molar-refractivity contribution in [3.05, 3.63) is 28.7 Å². The van der Waals surface area contributed by atoms with Crippen LogP contribution in [0.1, 0.15) is 27.4 Å². The molecular weight excluding hydrogens is 314 g/mol. The molecular formula is C11H13N5O3S2. The van der Waals surface area contributed by atoms with Crippen LogP contribution in [0.3, 0.4) is 0 Å². The van der Waals surface area contributed by atoms with Crippen molar-refractivity contribution in [3.63, 3.8) is 0 Å². The number of carbonyl (C=O) groups excluding carboxylic acids is 1. The first kappa shape index (κ1) is 15.5. The van der Waals surface area contributed by atoms with E-state index in [4.69, 9.17) is 5.14 Å². The van der Waals surface area contributed by atoms with E-state index in [-0.39, 0.29) is 15.0 Å². The molecule has 0 aromatic carbocycles. The molecule has 2 heterocycles. The molecule has 21 heavy (non-hydrogen) atoms. The number of aryl methyl sites for hydroxylation is 3. The summed E-state index contributed by atoms with van der Waals surface area (Å²) in [5.74, 6) is -0.430. The second-order valence-corrected chi connectivity index (χ2v) is 7.13. The van der Waals surface area contributed by atoms with Crippen LogP contribution in [0.2, 0.25) is 0 Å². The number of nitrogens with one attached hydrogen (secondary N) is 1. The highest BCUT2D eigenvalue weighted by molar-refractivity contribution is 7.91. The Hall–Kier alpha value is -1.91. The zero-order chi connectivity index (χ0) is 15.8. The highest BCUT2D eigenvalue weighted by Gasteiger charge is 2.20. The zero-order valence-corrected chi connectivity index (χ0v) is 13.2. The highest BCUT2D eigenvalue weighted by atomic mass is 32.2. The summed E-state index contributed by atoms with van der Waals surface area (Å²) in [5.41, 5.74) is 1.68. The lowest BCUT2D eigenvalue weighted by Crippen LogP contribution is -2.15. The first-order chi connectivity index (χ1) is 9.68. The van der Waals surface area contributed by atoms with Crippen molar-refractivity contribution < 1.29 is 13.2 Å². The van der Waals surface area contributed by atoms with Crippen LogP contribution in [0.4, 0.5) is 5.13 Å². The van der Waals surface area contributed by atoms with E-state index in [2.05, 4.69) is 20.5 Å². The molecule has 112 valence electrons.